The van der Waals surface area contributed by atoms with E-state index in [2.05, 4.69) is 9.80 Å². The van der Waals surface area contributed by atoms with Gasteiger partial charge in [-0.3, -0.25) is 9.80 Å². The molecule has 0 bridgehead atoms. The van der Waals surface area contributed by atoms with Crippen molar-refractivity contribution in [1.29, 1.82) is 0 Å². The molecular weight excluding hydrogens is 485 g/mol. The van der Waals surface area contributed by atoms with Crippen LogP contribution in [-0.4, -0.2) is 58.8 Å². The quantitative estimate of drug-likeness (QED) is 0.458. The molecule has 0 atom stereocenters. The summed E-state index contributed by atoms with van der Waals surface area (Å²) in [7, 11) is 0. The van der Waals surface area contributed by atoms with E-state index in [1.807, 2.05) is 26.0 Å². The Kier molecular flexibility index (Phi) is 8.80. The van der Waals surface area contributed by atoms with Crippen molar-refractivity contribution in [2.75, 3.05) is 26.2 Å². The number of benzene rings is 2. The van der Waals surface area contributed by atoms with Gasteiger partial charge in [-0.05, 0) is 75.9 Å². The summed E-state index contributed by atoms with van der Waals surface area (Å²) in [5.41, 5.74) is 1.64. The lowest BCUT2D eigenvalue weighted by Crippen LogP contribution is -2.45. The zero-order chi connectivity index (χ0) is 27.5. The number of carboxylic acid groups (broad SMARTS) is 1. The number of carboxylic acids is 1. The van der Waals surface area contributed by atoms with Gasteiger partial charge in [0.05, 0.1) is 11.7 Å². The number of rotatable bonds is 9. The molecule has 204 valence electrons. The van der Waals surface area contributed by atoms with Gasteiger partial charge in [0.25, 0.3) is 0 Å². The number of halogens is 3. The summed E-state index contributed by atoms with van der Waals surface area (Å²) < 4.78 is 51.4. The van der Waals surface area contributed by atoms with E-state index in [0.717, 1.165) is 61.0 Å². The van der Waals surface area contributed by atoms with E-state index in [9.17, 15) is 23.1 Å². The SMILES string of the molecule is Cc1cc(CN2CCN(Cc3ccc(C(F)(F)F)c(OC(C)C)c3)CC2)cc(C)c1OC(C)(C)C(=O)O. The molecule has 1 heterocycles. The number of alkyl halides is 3. The van der Waals surface area contributed by atoms with Crippen LogP contribution in [-0.2, 0) is 24.1 Å². The minimum absolute atomic E-state index is 0.122. The van der Waals surface area contributed by atoms with Crippen LogP contribution in [0.25, 0.3) is 0 Å². The van der Waals surface area contributed by atoms with Crippen LogP contribution in [0.5, 0.6) is 11.5 Å². The van der Waals surface area contributed by atoms with Crippen LogP contribution in [0.2, 0.25) is 0 Å². The smallest absolute Gasteiger partial charge is 0.419 e. The van der Waals surface area contributed by atoms with E-state index in [-0.39, 0.29) is 11.9 Å². The minimum atomic E-state index is -4.46. The Morgan fingerprint density at radius 2 is 1.46 bits per heavy atom. The normalized spacial score (nSPS) is 15.7. The van der Waals surface area contributed by atoms with Crippen molar-refractivity contribution < 1.29 is 32.5 Å². The second kappa shape index (κ2) is 11.3. The number of piperazine rings is 1. The van der Waals surface area contributed by atoms with Crippen LogP contribution in [0.15, 0.2) is 30.3 Å². The molecule has 0 saturated carbocycles. The number of aryl methyl sites for hydroxylation is 2. The van der Waals surface area contributed by atoms with Gasteiger partial charge < -0.3 is 14.6 Å². The molecule has 0 amide bonds. The topological polar surface area (TPSA) is 62.2 Å². The molecule has 3 rings (SSSR count). The van der Waals surface area contributed by atoms with Crippen molar-refractivity contribution in [3.8, 4) is 11.5 Å². The fourth-order valence-corrected chi connectivity index (χ4v) is 4.46. The van der Waals surface area contributed by atoms with Gasteiger partial charge in [0.1, 0.15) is 11.5 Å². The van der Waals surface area contributed by atoms with Crippen molar-refractivity contribution in [2.45, 2.75) is 72.5 Å². The lowest BCUT2D eigenvalue weighted by atomic mass is 10.0. The van der Waals surface area contributed by atoms with E-state index in [4.69, 9.17) is 9.47 Å². The zero-order valence-electron chi connectivity index (χ0n) is 22.4. The number of hydrogen-bond donors (Lipinski definition) is 1. The standard InChI is InChI=1S/C28H37F3N2O4/c1-18(2)36-24-15-21(7-8-23(24)28(29,30)31)16-32-9-11-33(12-10-32)17-22-13-19(3)25(20(4)14-22)37-27(5,6)26(34)35/h7-8,13-15,18H,9-12,16-17H2,1-6H3,(H,34,35). The van der Waals surface area contributed by atoms with Crippen molar-refractivity contribution in [2.24, 2.45) is 0 Å². The molecule has 1 fully saturated rings. The van der Waals surface area contributed by atoms with Gasteiger partial charge in [0.15, 0.2) is 5.60 Å². The maximum atomic E-state index is 13.4. The van der Waals surface area contributed by atoms with Gasteiger partial charge in [-0.15, -0.1) is 0 Å². The molecule has 0 radical (unpaired) electrons. The summed E-state index contributed by atoms with van der Waals surface area (Å²) in [6, 6.07) is 8.22. The molecule has 9 heteroatoms. The highest BCUT2D eigenvalue weighted by Gasteiger charge is 2.35. The van der Waals surface area contributed by atoms with Crippen LogP contribution in [0.1, 0.15) is 55.5 Å². The highest BCUT2D eigenvalue weighted by molar-refractivity contribution is 5.77. The fraction of sp³-hybridized carbons (Fsp3) is 0.536. The Morgan fingerprint density at radius 1 is 0.946 bits per heavy atom. The second-order valence-electron chi connectivity index (χ2n) is 10.5. The first-order chi connectivity index (χ1) is 17.2. The van der Waals surface area contributed by atoms with Crippen LogP contribution in [0.4, 0.5) is 13.2 Å². The van der Waals surface area contributed by atoms with Crippen molar-refractivity contribution in [3.05, 3.63) is 58.1 Å². The fourth-order valence-electron chi connectivity index (χ4n) is 4.46. The average Bonchev–Trinajstić information content (AvgIpc) is 2.76. The second-order valence-corrected chi connectivity index (χ2v) is 10.5. The Balaban J connectivity index is 1.60. The van der Waals surface area contributed by atoms with E-state index in [1.54, 1.807) is 13.8 Å². The molecule has 0 aromatic heterocycles. The lowest BCUT2D eigenvalue weighted by Gasteiger charge is -2.35. The molecule has 0 unspecified atom stereocenters. The average molecular weight is 523 g/mol. The maximum Gasteiger partial charge on any atom is 0.419 e. The Bertz CT molecular complexity index is 1080. The summed E-state index contributed by atoms with van der Waals surface area (Å²) >= 11 is 0. The monoisotopic (exact) mass is 522 g/mol. The molecule has 1 aliphatic heterocycles. The number of aliphatic carboxylic acids is 1. The Labute approximate surface area is 217 Å². The third-order valence-electron chi connectivity index (χ3n) is 6.38. The summed E-state index contributed by atoms with van der Waals surface area (Å²) in [5, 5.41) is 9.38. The summed E-state index contributed by atoms with van der Waals surface area (Å²) in [5.74, 6) is -0.546. The van der Waals surface area contributed by atoms with Gasteiger partial charge >= 0.3 is 12.1 Å². The van der Waals surface area contributed by atoms with Crippen molar-refractivity contribution in [3.63, 3.8) is 0 Å². The molecular formula is C28H37F3N2O4. The molecule has 2 aromatic rings. The molecule has 0 spiro atoms. The number of hydrogen-bond acceptors (Lipinski definition) is 5. The molecule has 1 N–H and O–H groups in total. The third-order valence-corrected chi connectivity index (χ3v) is 6.38. The highest BCUT2D eigenvalue weighted by Crippen LogP contribution is 2.37. The summed E-state index contributed by atoms with van der Waals surface area (Å²) in [6.07, 6.45) is -4.81. The van der Waals surface area contributed by atoms with E-state index in [1.165, 1.54) is 26.0 Å². The van der Waals surface area contributed by atoms with E-state index >= 15 is 0 Å². The van der Waals surface area contributed by atoms with E-state index < -0.39 is 23.3 Å². The molecule has 6 nitrogen and oxygen atoms in total. The zero-order valence-corrected chi connectivity index (χ0v) is 22.4. The van der Waals surface area contributed by atoms with E-state index in [0.29, 0.717) is 12.3 Å². The Hall–Kier alpha value is -2.78. The van der Waals surface area contributed by atoms with Gasteiger partial charge in [-0.1, -0.05) is 18.2 Å². The van der Waals surface area contributed by atoms with Crippen LogP contribution in [0, 0.1) is 13.8 Å². The van der Waals surface area contributed by atoms with Crippen LogP contribution >= 0.6 is 0 Å². The minimum Gasteiger partial charge on any atom is -0.490 e. The van der Waals surface area contributed by atoms with Gasteiger partial charge in [0.2, 0.25) is 0 Å². The molecule has 0 aliphatic carbocycles. The first-order valence-electron chi connectivity index (χ1n) is 12.5. The predicted octanol–water partition coefficient (Wildman–Crippen LogP) is 5.67. The van der Waals surface area contributed by atoms with Crippen molar-refractivity contribution >= 4 is 5.97 Å². The number of ether oxygens (including phenoxy) is 2. The molecule has 37 heavy (non-hydrogen) atoms. The molecule has 1 aliphatic rings. The summed E-state index contributed by atoms with van der Waals surface area (Å²) in [6.45, 7) is 14.9. The van der Waals surface area contributed by atoms with Crippen LogP contribution < -0.4 is 9.47 Å². The summed E-state index contributed by atoms with van der Waals surface area (Å²) in [4.78, 5) is 16.0. The van der Waals surface area contributed by atoms with Crippen molar-refractivity contribution in [1.82, 2.24) is 9.80 Å². The first kappa shape index (κ1) is 28.8. The predicted molar refractivity (Wildman–Crippen MR) is 136 cm³/mol. The van der Waals surface area contributed by atoms with Gasteiger partial charge in [-0.25, -0.2) is 4.79 Å². The lowest BCUT2D eigenvalue weighted by molar-refractivity contribution is -0.152. The third kappa shape index (κ3) is 7.61. The van der Waals surface area contributed by atoms with Crippen LogP contribution in [0.3, 0.4) is 0 Å². The largest absolute Gasteiger partial charge is 0.490 e. The van der Waals surface area contributed by atoms with Gasteiger partial charge in [0, 0.05) is 39.3 Å². The highest BCUT2D eigenvalue weighted by atomic mass is 19.4. The molecule has 2 aromatic carbocycles. The number of carbonyl (C=O) groups is 1. The molecule has 1 saturated heterocycles. The Morgan fingerprint density at radius 3 is 1.92 bits per heavy atom. The maximum absolute atomic E-state index is 13.4. The first-order valence-corrected chi connectivity index (χ1v) is 12.5. The number of nitrogens with zero attached hydrogens (tertiary/aromatic N) is 2. The van der Waals surface area contributed by atoms with Gasteiger partial charge in [-0.2, -0.15) is 13.2 Å².